The number of aromatic hydroxyl groups is 1. The van der Waals surface area contributed by atoms with E-state index in [1.807, 2.05) is 0 Å². The summed E-state index contributed by atoms with van der Waals surface area (Å²) in [4.78, 5) is 10.3. The van der Waals surface area contributed by atoms with Crippen molar-refractivity contribution >= 4 is 38.0 Å². The molecule has 0 atom stereocenters. The number of fused-ring (bicyclic) bond motifs is 1. The van der Waals surface area contributed by atoms with Crippen LogP contribution in [0.4, 0.5) is 17.1 Å². The number of nitro benzene ring substituents is 1. The first-order valence-corrected chi connectivity index (χ1v) is 9.57. The molecule has 144 valence electrons. The zero-order valence-corrected chi connectivity index (χ0v) is 15.4. The highest BCUT2D eigenvalue weighted by atomic mass is 32.2. The molecule has 10 heteroatoms. The Labute approximate surface area is 159 Å². The van der Waals surface area contributed by atoms with E-state index in [1.165, 1.54) is 36.4 Å². The fourth-order valence-electron chi connectivity index (χ4n) is 2.83. The first-order chi connectivity index (χ1) is 13.2. The van der Waals surface area contributed by atoms with Crippen LogP contribution in [0.3, 0.4) is 0 Å². The van der Waals surface area contributed by atoms with Crippen LogP contribution in [0.25, 0.3) is 10.8 Å². The highest BCUT2D eigenvalue weighted by Gasteiger charge is 2.17. The fraction of sp³-hybridized carbons (Fsp3) is 0.111. The molecular weight excluding hydrogens is 386 g/mol. The summed E-state index contributed by atoms with van der Waals surface area (Å²) in [6.45, 7) is 1.75. The average molecular weight is 401 g/mol. The van der Waals surface area contributed by atoms with Crippen LogP contribution in [0.15, 0.2) is 63.7 Å². The Morgan fingerprint density at radius 1 is 1.11 bits per heavy atom. The molecule has 0 heterocycles. The molecule has 3 aromatic rings. The Balaban J connectivity index is 2.19. The number of rotatable bonds is 5. The molecule has 2 N–H and O–H groups in total. The number of nitrogens with zero attached hydrogens (tertiary/aromatic N) is 3. The molecule has 0 saturated heterocycles. The predicted octanol–water partition coefficient (Wildman–Crippen LogP) is 4.68. The summed E-state index contributed by atoms with van der Waals surface area (Å²) in [6, 6.07) is 11.2. The number of nitro groups is 1. The molecular formula is C18H15N3O6S. The molecule has 0 aliphatic rings. The molecule has 0 aromatic heterocycles. The minimum absolute atomic E-state index is 0.0171. The standard InChI is InChI=1S/C18H15N3O6S/c1-2-13-15(4-3-5-16(13)21(23)24)19-20-18-14-10-12(28(25,26)27)8-6-11(14)7-9-17(18)22/h3-10,22H,2H2,1H3,(H,25,26,27). The second kappa shape index (κ2) is 7.33. The van der Waals surface area contributed by atoms with Crippen molar-refractivity contribution in [1.29, 1.82) is 0 Å². The van der Waals surface area contributed by atoms with E-state index in [9.17, 15) is 28.2 Å². The smallest absolute Gasteiger partial charge is 0.294 e. The molecule has 0 spiro atoms. The van der Waals surface area contributed by atoms with Crippen LogP contribution in [-0.2, 0) is 16.5 Å². The van der Waals surface area contributed by atoms with Crippen molar-refractivity contribution in [3.63, 3.8) is 0 Å². The number of hydrogen-bond acceptors (Lipinski definition) is 7. The van der Waals surface area contributed by atoms with Crippen molar-refractivity contribution in [3.8, 4) is 5.75 Å². The molecule has 0 aliphatic heterocycles. The molecule has 9 nitrogen and oxygen atoms in total. The average Bonchev–Trinajstić information content (AvgIpc) is 2.65. The third-order valence-corrected chi connectivity index (χ3v) is 5.03. The van der Waals surface area contributed by atoms with Crippen molar-refractivity contribution in [2.75, 3.05) is 0 Å². The van der Waals surface area contributed by atoms with Gasteiger partial charge in [-0.2, -0.15) is 8.42 Å². The Morgan fingerprint density at radius 3 is 2.46 bits per heavy atom. The van der Waals surface area contributed by atoms with E-state index in [-0.39, 0.29) is 33.1 Å². The van der Waals surface area contributed by atoms with Gasteiger partial charge in [0.25, 0.3) is 15.8 Å². The molecule has 0 radical (unpaired) electrons. The normalized spacial score (nSPS) is 11.9. The summed E-state index contributed by atoms with van der Waals surface area (Å²) in [6.07, 6.45) is 0.347. The summed E-state index contributed by atoms with van der Waals surface area (Å²) in [5.74, 6) is -0.257. The third kappa shape index (κ3) is 3.68. The zero-order valence-electron chi connectivity index (χ0n) is 14.6. The first kappa shape index (κ1) is 19.4. The SMILES string of the molecule is CCc1c(N=Nc2c(O)ccc3ccc(S(=O)(=O)O)cc23)cccc1[N+](=O)[O-]. The lowest BCUT2D eigenvalue weighted by Crippen LogP contribution is -1.97. The molecule has 0 saturated carbocycles. The summed E-state index contributed by atoms with van der Waals surface area (Å²) in [7, 11) is -4.45. The van der Waals surface area contributed by atoms with E-state index in [2.05, 4.69) is 10.2 Å². The van der Waals surface area contributed by atoms with Gasteiger partial charge in [-0.05, 0) is 36.1 Å². The van der Waals surface area contributed by atoms with Crippen LogP contribution >= 0.6 is 0 Å². The number of hydrogen-bond donors (Lipinski definition) is 2. The van der Waals surface area contributed by atoms with Crippen molar-refractivity contribution in [2.45, 2.75) is 18.2 Å². The molecule has 3 aromatic carbocycles. The van der Waals surface area contributed by atoms with Gasteiger partial charge in [-0.3, -0.25) is 14.7 Å². The molecule has 3 rings (SSSR count). The van der Waals surface area contributed by atoms with E-state index >= 15 is 0 Å². The summed E-state index contributed by atoms with van der Waals surface area (Å²) >= 11 is 0. The van der Waals surface area contributed by atoms with Gasteiger partial charge in [-0.25, -0.2) is 0 Å². The van der Waals surface area contributed by atoms with Gasteiger partial charge in [-0.1, -0.05) is 25.1 Å². The number of benzene rings is 3. The number of azo groups is 1. The van der Waals surface area contributed by atoms with Crippen LogP contribution in [0.2, 0.25) is 0 Å². The molecule has 0 fully saturated rings. The number of phenolic OH excluding ortho intramolecular Hbond substituents is 1. The third-order valence-electron chi connectivity index (χ3n) is 4.18. The van der Waals surface area contributed by atoms with Crippen LogP contribution in [0, 0.1) is 10.1 Å². The van der Waals surface area contributed by atoms with Gasteiger partial charge < -0.3 is 5.11 Å². The van der Waals surface area contributed by atoms with Gasteiger partial charge in [0.05, 0.1) is 21.1 Å². The minimum atomic E-state index is -4.45. The molecule has 28 heavy (non-hydrogen) atoms. The monoisotopic (exact) mass is 401 g/mol. The highest BCUT2D eigenvalue weighted by Crippen LogP contribution is 2.38. The second-order valence-electron chi connectivity index (χ2n) is 5.88. The molecule has 0 amide bonds. The van der Waals surface area contributed by atoms with Gasteiger partial charge in [-0.15, -0.1) is 10.2 Å². The largest absolute Gasteiger partial charge is 0.506 e. The van der Waals surface area contributed by atoms with Gasteiger partial charge in [0.15, 0.2) is 0 Å². The van der Waals surface area contributed by atoms with Crippen molar-refractivity contribution in [2.24, 2.45) is 10.2 Å². The fourth-order valence-corrected chi connectivity index (χ4v) is 3.34. The van der Waals surface area contributed by atoms with Crippen LogP contribution in [0.1, 0.15) is 12.5 Å². The zero-order chi connectivity index (χ0) is 20.5. The van der Waals surface area contributed by atoms with Gasteiger partial charge in [0.2, 0.25) is 0 Å². The van der Waals surface area contributed by atoms with E-state index in [4.69, 9.17) is 0 Å². The Bertz CT molecular complexity index is 1220. The molecule has 0 aliphatic carbocycles. The van der Waals surface area contributed by atoms with Crippen molar-refractivity contribution in [1.82, 2.24) is 0 Å². The topological polar surface area (TPSA) is 142 Å². The van der Waals surface area contributed by atoms with E-state index in [1.54, 1.807) is 19.1 Å². The predicted molar refractivity (Wildman–Crippen MR) is 102 cm³/mol. The van der Waals surface area contributed by atoms with E-state index in [0.717, 1.165) is 0 Å². The summed E-state index contributed by atoms with van der Waals surface area (Å²) < 4.78 is 32.1. The van der Waals surface area contributed by atoms with Crippen molar-refractivity contribution < 1.29 is 23.0 Å². The van der Waals surface area contributed by atoms with Crippen LogP contribution in [-0.4, -0.2) is 23.0 Å². The van der Waals surface area contributed by atoms with Crippen LogP contribution in [0.5, 0.6) is 5.75 Å². The van der Waals surface area contributed by atoms with Gasteiger partial charge in [0.1, 0.15) is 11.4 Å². The lowest BCUT2D eigenvalue weighted by atomic mass is 10.1. The maximum Gasteiger partial charge on any atom is 0.294 e. The van der Waals surface area contributed by atoms with Gasteiger partial charge in [0, 0.05) is 11.5 Å². The maximum atomic E-state index is 11.4. The second-order valence-corrected chi connectivity index (χ2v) is 7.30. The van der Waals surface area contributed by atoms with E-state index in [0.29, 0.717) is 17.4 Å². The van der Waals surface area contributed by atoms with E-state index < -0.39 is 15.0 Å². The Kier molecular flexibility index (Phi) is 5.08. The summed E-state index contributed by atoms with van der Waals surface area (Å²) in [5, 5.41) is 30.2. The quantitative estimate of drug-likeness (QED) is 0.275. The van der Waals surface area contributed by atoms with Crippen LogP contribution < -0.4 is 0 Å². The van der Waals surface area contributed by atoms with Crippen molar-refractivity contribution in [3.05, 3.63) is 64.2 Å². The lowest BCUT2D eigenvalue weighted by molar-refractivity contribution is -0.385. The molecule has 0 unspecified atom stereocenters. The Hall–Kier alpha value is -3.37. The Morgan fingerprint density at radius 2 is 1.82 bits per heavy atom. The van der Waals surface area contributed by atoms with Gasteiger partial charge >= 0.3 is 0 Å². The molecule has 0 bridgehead atoms. The maximum absolute atomic E-state index is 11.4. The number of phenols is 1. The summed E-state index contributed by atoms with van der Waals surface area (Å²) in [5.41, 5.74) is 0.542. The lowest BCUT2D eigenvalue weighted by Gasteiger charge is -2.07. The first-order valence-electron chi connectivity index (χ1n) is 8.13. The highest BCUT2D eigenvalue weighted by molar-refractivity contribution is 7.85. The minimum Gasteiger partial charge on any atom is -0.506 e.